The summed E-state index contributed by atoms with van der Waals surface area (Å²) in [5, 5.41) is 15.1. The third kappa shape index (κ3) is 4.03. The van der Waals surface area contributed by atoms with Gasteiger partial charge in [-0.3, -0.25) is 0 Å². The van der Waals surface area contributed by atoms with Gasteiger partial charge in [-0.25, -0.2) is 5.01 Å². The normalized spacial score (nSPS) is 14.4. The first-order chi connectivity index (χ1) is 13.9. The molecule has 1 aliphatic heterocycles. The Kier molecular flexibility index (Phi) is 6.04. The van der Waals surface area contributed by atoms with E-state index in [-0.39, 0.29) is 23.9 Å². The molecule has 0 fully saturated rings. The van der Waals surface area contributed by atoms with Crippen molar-refractivity contribution in [3.05, 3.63) is 47.5 Å². The van der Waals surface area contributed by atoms with Crippen LogP contribution in [0.3, 0.4) is 0 Å². The van der Waals surface area contributed by atoms with Gasteiger partial charge in [-0.1, -0.05) is 12.1 Å². The van der Waals surface area contributed by atoms with Gasteiger partial charge in [0.2, 0.25) is 5.75 Å². The number of hydrazone groups is 1. The van der Waals surface area contributed by atoms with Gasteiger partial charge in [-0.2, -0.15) is 13.5 Å². The summed E-state index contributed by atoms with van der Waals surface area (Å²) < 4.78 is 44.4. The fraction of sp³-hybridized carbons (Fsp3) is 0.263. The number of fused-ring (bicyclic) bond motifs is 1. The maximum Gasteiger partial charge on any atom is 0.285 e. The Morgan fingerprint density at radius 3 is 2.34 bits per heavy atom. The van der Waals surface area contributed by atoms with Crippen molar-refractivity contribution in [3.63, 3.8) is 0 Å². The first kappa shape index (κ1) is 20.6. The zero-order chi connectivity index (χ0) is 21.0. The van der Waals surface area contributed by atoms with E-state index >= 15 is 0 Å². The average molecular weight is 419 g/mol. The number of rotatable bonds is 7. The first-order valence-corrected chi connectivity index (χ1v) is 10.1. The Morgan fingerprint density at radius 2 is 1.76 bits per heavy atom. The van der Waals surface area contributed by atoms with E-state index < -0.39 is 10.0 Å². The summed E-state index contributed by atoms with van der Waals surface area (Å²) in [5.41, 5.74) is 1.06. The highest BCUT2D eigenvalue weighted by Gasteiger charge is 2.31. The number of benzene rings is 2. The lowest BCUT2D eigenvalue weighted by Gasteiger charge is -2.18. The highest BCUT2D eigenvalue weighted by molar-refractivity contribution is 7.90. The van der Waals surface area contributed by atoms with Crippen LogP contribution in [0.25, 0.3) is 0 Å². The highest BCUT2D eigenvalue weighted by Crippen LogP contribution is 2.37. The molecule has 1 heterocycles. The molecule has 1 N–H and O–H groups in total. The zero-order valence-corrected chi connectivity index (χ0v) is 17.0. The second kappa shape index (κ2) is 8.50. The molecule has 0 atom stereocenters. The number of hydrogen-bond donors (Lipinski definition) is 1. The van der Waals surface area contributed by atoms with Crippen molar-refractivity contribution in [2.24, 2.45) is 9.50 Å². The molecule has 0 radical (unpaired) electrons. The Labute approximate surface area is 168 Å². The molecule has 0 unspecified atom stereocenters. The molecule has 29 heavy (non-hydrogen) atoms. The summed E-state index contributed by atoms with van der Waals surface area (Å²) in [6.07, 6.45) is 1.50. The summed E-state index contributed by atoms with van der Waals surface area (Å²) in [6, 6.07) is 9.88. The van der Waals surface area contributed by atoms with Crippen molar-refractivity contribution in [1.29, 1.82) is 0 Å². The number of amidine groups is 1. The van der Waals surface area contributed by atoms with Crippen molar-refractivity contribution < 1.29 is 27.7 Å². The average Bonchev–Trinajstić information content (AvgIpc) is 3.01. The van der Waals surface area contributed by atoms with Crippen LogP contribution in [-0.4, -0.2) is 65.1 Å². The lowest BCUT2D eigenvalue weighted by Crippen LogP contribution is -2.28. The molecule has 0 amide bonds. The van der Waals surface area contributed by atoms with Crippen molar-refractivity contribution in [1.82, 2.24) is 5.01 Å². The van der Waals surface area contributed by atoms with E-state index in [0.717, 1.165) is 0 Å². The number of nitrogens with zero attached hydrogens (tertiary/aromatic N) is 3. The van der Waals surface area contributed by atoms with Gasteiger partial charge >= 0.3 is 0 Å². The molecule has 154 valence electrons. The van der Waals surface area contributed by atoms with Gasteiger partial charge in [0.05, 0.1) is 40.7 Å². The largest absolute Gasteiger partial charge is 0.493 e. The maximum atomic E-state index is 12.3. The predicted molar refractivity (Wildman–Crippen MR) is 108 cm³/mol. The maximum absolute atomic E-state index is 12.3. The van der Waals surface area contributed by atoms with Gasteiger partial charge in [-0.15, -0.1) is 4.40 Å². The molecular weight excluding hydrogens is 398 g/mol. The van der Waals surface area contributed by atoms with Crippen LogP contribution >= 0.6 is 0 Å². The van der Waals surface area contributed by atoms with Crippen LogP contribution < -0.4 is 14.2 Å². The third-order valence-electron chi connectivity index (χ3n) is 4.20. The summed E-state index contributed by atoms with van der Waals surface area (Å²) in [5.74, 6) is 1.50. The Bertz CT molecular complexity index is 1040. The summed E-state index contributed by atoms with van der Waals surface area (Å²) in [4.78, 5) is 0.112. The molecule has 0 aliphatic carbocycles. The third-order valence-corrected chi connectivity index (χ3v) is 5.53. The molecule has 0 saturated heterocycles. The van der Waals surface area contributed by atoms with Crippen molar-refractivity contribution >= 4 is 22.1 Å². The fourth-order valence-electron chi connectivity index (χ4n) is 2.90. The van der Waals surface area contributed by atoms with E-state index in [1.165, 1.54) is 38.6 Å². The smallest absolute Gasteiger partial charge is 0.285 e. The molecule has 2 aromatic rings. The number of ether oxygens (including phenoxy) is 3. The Morgan fingerprint density at radius 1 is 1.10 bits per heavy atom. The molecule has 2 aromatic carbocycles. The molecule has 0 saturated carbocycles. The van der Waals surface area contributed by atoms with Crippen LogP contribution in [0, 0.1) is 0 Å². The Balaban J connectivity index is 2.00. The van der Waals surface area contributed by atoms with Crippen LogP contribution in [-0.2, 0) is 10.0 Å². The van der Waals surface area contributed by atoms with Gasteiger partial charge in [0.15, 0.2) is 17.3 Å². The number of aliphatic hydroxyl groups excluding tert-OH is 1. The fourth-order valence-corrected chi connectivity index (χ4v) is 4.11. The van der Waals surface area contributed by atoms with Gasteiger partial charge < -0.3 is 19.3 Å². The van der Waals surface area contributed by atoms with Crippen LogP contribution in [0.2, 0.25) is 0 Å². The predicted octanol–water partition coefficient (Wildman–Crippen LogP) is 1.49. The standard InChI is InChI=1S/C19H21N3O6S/c1-26-15-10-13(11-16(27-2)18(15)28-3)12-20-22(8-9-23)19-14-6-4-5-7-17(14)29(24,25)21-19/h4-7,10-12,23H,8-9H2,1-3H3/b20-12-. The van der Waals surface area contributed by atoms with E-state index in [9.17, 15) is 13.5 Å². The molecule has 3 rings (SSSR count). The van der Waals surface area contributed by atoms with E-state index in [4.69, 9.17) is 14.2 Å². The SMILES string of the molecule is COc1cc(/C=N\N(CCO)C2=NS(=O)(=O)c3ccccc32)cc(OC)c1OC. The number of hydrogen-bond acceptors (Lipinski definition) is 8. The van der Waals surface area contributed by atoms with E-state index in [1.807, 2.05) is 0 Å². The molecular formula is C19H21N3O6S. The monoisotopic (exact) mass is 419 g/mol. The van der Waals surface area contributed by atoms with Crippen LogP contribution in [0.5, 0.6) is 17.2 Å². The summed E-state index contributed by atoms with van der Waals surface area (Å²) in [7, 11) is 0.721. The van der Waals surface area contributed by atoms with Gasteiger partial charge in [0, 0.05) is 11.1 Å². The molecule has 0 bridgehead atoms. The van der Waals surface area contributed by atoms with Crippen molar-refractivity contribution in [2.75, 3.05) is 34.5 Å². The second-order valence-electron chi connectivity index (χ2n) is 5.94. The lowest BCUT2D eigenvalue weighted by atomic mass is 10.2. The van der Waals surface area contributed by atoms with E-state index in [0.29, 0.717) is 28.4 Å². The van der Waals surface area contributed by atoms with Gasteiger partial charge in [-0.05, 0) is 24.3 Å². The lowest BCUT2D eigenvalue weighted by molar-refractivity contribution is 0.254. The van der Waals surface area contributed by atoms with Crippen LogP contribution in [0.1, 0.15) is 11.1 Å². The number of sulfonamides is 1. The first-order valence-electron chi connectivity index (χ1n) is 8.62. The minimum Gasteiger partial charge on any atom is -0.493 e. The van der Waals surface area contributed by atoms with Crippen LogP contribution in [0.4, 0.5) is 0 Å². The minimum absolute atomic E-state index is 0.0591. The van der Waals surface area contributed by atoms with Crippen molar-refractivity contribution in [2.45, 2.75) is 4.90 Å². The molecule has 10 heteroatoms. The molecule has 1 aliphatic rings. The summed E-state index contributed by atoms with van der Waals surface area (Å²) >= 11 is 0. The number of aliphatic hydroxyl groups is 1. The van der Waals surface area contributed by atoms with E-state index in [1.54, 1.807) is 30.3 Å². The Hall–Kier alpha value is -3.11. The second-order valence-corrected chi connectivity index (χ2v) is 7.51. The van der Waals surface area contributed by atoms with Gasteiger partial charge in [0.25, 0.3) is 10.0 Å². The molecule has 0 aromatic heterocycles. The topological polar surface area (TPSA) is 110 Å². The molecule has 0 spiro atoms. The van der Waals surface area contributed by atoms with Crippen LogP contribution in [0.15, 0.2) is 50.8 Å². The quantitative estimate of drug-likeness (QED) is 0.535. The van der Waals surface area contributed by atoms with Gasteiger partial charge in [0.1, 0.15) is 4.90 Å². The number of methoxy groups -OCH3 is 3. The van der Waals surface area contributed by atoms with E-state index in [2.05, 4.69) is 9.50 Å². The van der Waals surface area contributed by atoms with Crippen molar-refractivity contribution in [3.8, 4) is 17.2 Å². The minimum atomic E-state index is -3.80. The zero-order valence-electron chi connectivity index (χ0n) is 16.2. The highest BCUT2D eigenvalue weighted by atomic mass is 32.2. The molecule has 9 nitrogen and oxygen atoms in total. The summed E-state index contributed by atoms with van der Waals surface area (Å²) in [6.45, 7) is -0.183.